The van der Waals surface area contributed by atoms with Crippen molar-refractivity contribution in [2.24, 2.45) is 0 Å². The number of aromatic nitrogens is 2. The van der Waals surface area contributed by atoms with E-state index in [-0.39, 0.29) is 5.75 Å². The van der Waals surface area contributed by atoms with Gasteiger partial charge in [-0.3, -0.25) is 0 Å². The number of hydrogen-bond acceptors (Lipinski definition) is 6. The molecule has 0 unspecified atom stereocenters. The summed E-state index contributed by atoms with van der Waals surface area (Å²) < 4.78 is 25.4. The molecule has 0 spiro atoms. The van der Waals surface area contributed by atoms with Crippen LogP contribution in [0.5, 0.6) is 0 Å². The van der Waals surface area contributed by atoms with Crippen LogP contribution in [0.1, 0.15) is 19.4 Å². The topological polar surface area (TPSA) is 96.0 Å². The molecule has 1 aromatic rings. The second-order valence-electron chi connectivity index (χ2n) is 3.97. The maximum atomic E-state index is 11.5. The lowest BCUT2D eigenvalue weighted by Crippen LogP contribution is -2.29. The fraction of sp³-hybridized carbons (Fsp3) is 0.636. The van der Waals surface area contributed by atoms with E-state index in [1.54, 1.807) is 6.92 Å². The van der Waals surface area contributed by atoms with Crippen LogP contribution in [0, 0.1) is 6.92 Å². The smallest absolute Gasteiger partial charge is 0.213 e. The first-order valence-electron chi connectivity index (χ1n) is 6.26. The third-order valence-electron chi connectivity index (χ3n) is 2.46. The summed E-state index contributed by atoms with van der Waals surface area (Å²) in [7, 11) is -3.21. The number of sulfonamides is 1. The fourth-order valence-electron chi connectivity index (χ4n) is 1.57. The highest BCUT2D eigenvalue weighted by atomic mass is 32.2. The summed E-state index contributed by atoms with van der Waals surface area (Å²) in [5.74, 6) is 1.42. The van der Waals surface area contributed by atoms with Crippen LogP contribution >= 0.6 is 0 Å². The zero-order chi connectivity index (χ0) is 14.3. The maximum absolute atomic E-state index is 11.5. The molecule has 0 amide bonds. The first-order chi connectivity index (χ1) is 9.00. The average molecular weight is 287 g/mol. The molecule has 0 aromatic carbocycles. The van der Waals surface area contributed by atoms with Crippen LogP contribution < -0.4 is 15.4 Å². The molecule has 0 aliphatic rings. The monoisotopic (exact) mass is 287 g/mol. The van der Waals surface area contributed by atoms with Crippen molar-refractivity contribution in [1.29, 1.82) is 0 Å². The van der Waals surface area contributed by atoms with Gasteiger partial charge in [-0.05, 0) is 13.8 Å². The average Bonchev–Trinajstić information content (AvgIpc) is 2.34. The molecule has 0 bridgehead atoms. The fourth-order valence-corrected chi connectivity index (χ4v) is 2.52. The standard InChI is InChI=1S/C11H21N5O2S/c1-4-12-10-9(3)11(15-8-14-10)13-6-7-19(17,18)16-5-2/h8,16H,4-7H2,1-3H3,(H2,12,13,14,15). The van der Waals surface area contributed by atoms with Crippen LogP contribution in [0.15, 0.2) is 6.33 Å². The summed E-state index contributed by atoms with van der Waals surface area (Å²) in [6.07, 6.45) is 1.45. The molecule has 0 aliphatic carbocycles. The second kappa shape index (κ2) is 7.25. The van der Waals surface area contributed by atoms with E-state index in [4.69, 9.17) is 0 Å². The van der Waals surface area contributed by atoms with Gasteiger partial charge in [0, 0.05) is 25.2 Å². The molecule has 8 heteroatoms. The van der Waals surface area contributed by atoms with Gasteiger partial charge in [0.05, 0.1) is 5.75 Å². The summed E-state index contributed by atoms with van der Waals surface area (Å²) in [4.78, 5) is 8.23. The Kier molecular flexibility index (Phi) is 5.97. The predicted molar refractivity (Wildman–Crippen MR) is 76.9 cm³/mol. The highest BCUT2D eigenvalue weighted by Gasteiger charge is 2.10. The van der Waals surface area contributed by atoms with Crippen molar-refractivity contribution in [2.75, 3.05) is 36.0 Å². The lowest BCUT2D eigenvalue weighted by Gasteiger charge is -2.12. The van der Waals surface area contributed by atoms with Gasteiger partial charge in [-0.25, -0.2) is 23.1 Å². The van der Waals surface area contributed by atoms with E-state index in [1.165, 1.54) is 6.33 Å². The van der Waals surface area contributed by atoms with Crippen molar-refractivity contribution in [3.8, 4) is 0 Å². The minimum atomic E-state index is -3.21. The van der Waals surface area contributed by atoms with Crippen LogP contribution in [0.3, 0.4) is 0 Å². The predicted octanol–water partition coefficient (Wildman–Crippen LogP) is 0.568. The van der Waals surface area contributed by atoms with Crippen LogP contribution in [0.2, 0.25) is 0 Å². The summed E-state index contributed by atoms with van der Waals surface area (Å²) >= 11 is 0. The summed E-state index contributed by atoms with van der Waals surface area (Å²) in [6.45, 7) is 7.10. The Bertz CT molecular complexity index is 504. The molecule has 1 aromatic heterocycles. The third kappa shape index (κ3) is 4.99. The largest absolute Gasteiger partial charge is 0.370 e. The van der Waals surface area contributed by atoms with Crippen molar-refractivity contribution < 1.29 is 8.42 Å². The summed E-state index contributed by atoms with van der Waals surface area (Å²) in [5, 5.41) is 6.14. The molecule has 1 heterocycles. The Hall–Kier alpha value is -1.41. The molecule has 0 radical (unpaired) electrons. The minimum absolute atomic E-state index is 0.0147. The normalized spacial score (nSPS) is 11.3. The van der Waals surface area contributed by atoms with Gasteiger partial charge in [0.15, 0.2) is 0 Å². The van der Waals surface area contributed by atoms with E-state index in [2.05, 4.69) is 25.3 Å². The first kappa shape index (κ1) is 15.6. The molecule has 7 nitrogen and oxygen atoms in total. The van der Waals surface area contributed by atoms with Gasteiger partial charge < -0.3 is 10.6 Å². The molecule has 1 rings (SSSR count). The highest BCUT2D eigenvalue weighted by Crippen LogP contribution is 2.17. The molecule has 3 N–H and O–H groups in total. The molecule has 0 aliphatic heterocycles. The summed E-state index contributed by atoms with van der Waals surface area (Å²) in [6, 6.07) is 0. The quantitative estimate of drug-likeness (QED) is 0.647. The number of anilines is 2. The third-order valence-corrected chi connectivity index (χ3v) is 3.93. The Balaban J connectivity index is 2.61. The number of nitrogens with one attached hydrogen (secondary N) is 3. The van der Waals surface area contributed by atoms with Gasteiger partial charge in [0.2, 0.25) is 10.0 Å². The van der Waals surface area contributed by atoms with Crippen molar-refractivity contribution >= 4 is 21.7 Å². The van der Waals surface area contributed by atoms with Crippen molar-refractivity contribution in [1.82, 2.24) is 14.7 Å². The molecule has 0 saturated carbocycles. The minimum Gasteiger partial charge on any atom is -0.370 e. The molecule has 0 saturated heterocycles. The van der Waals surface area contributed by atoms with Gasteiger partial charge in [0.1, 0.15) is 18.0 Å². The Labute approximate surface area is 114 Å². The van der Waals surface area contributed by atoms with E-state index in [1.807, 2.05) is 13.8 Å². The van der Waals surface area contributed by atoms with Crippen LogP contribution in [-0.4, -0.2) is 43.8 Å². The lowest BCUT2D eigenvalue weighted by molar-refractivity contribution is 0.584. The molecule has 19 heavy (non-hydrogen) atoms. The highest BCUT2D eigenvalue weighted by molar-refractivity contribution is 7.89. The van der Waals surface area contributed by atoms with Crippen LogP contribution in [0.25, 0.3) is 0 Å². The molecule has 0 atom stereocenters. The van der Waals surface area contributed by atoms with E-state index in [0.29, 0.717) is 18.9 Å². The van der Waals surface area contributed by atoms with Gasteiger partial charge >= 0.3 is 0 Å². The van der Waals surface area contributed by atoms with Gasteiger partial charge in [-0.1, -0.05) is 6.92 Å². The van der Waals surface area contributed by atoms with E-state index in [0.717, 1.165) is 17.9 Å². The number of hydrogen-bond donors (Lipinski definition) is 3. The van der Waals surface area contributed by atoms with Gasteiger partial charge in [0.25, 0.3) is 0 Å². The van der Waals surface area contributed by atoms with Gasteiger partial charge in [-0.2, -0.15) is 0 Å². The second-order valence-corrected chi connectivity index (χ2v) is 5.90. The zero-order valence-corrected chi connectivity index (χ0v) is 12.3. The van der Waals surface area contributed by atoms with E-state index >= 15 is 0 Å². The van der Waals surface area contributed by atoms with Crippen molar-refractivity contribution in [3.05, 3.63) is 11.9 Å². The molecule has 108 valence electrons. The van der Waals surface area contributed by atoms with Crippen molar-refractivity contribution in [3.63, 3.8) is 0 Å². The first-order valence-corrected chi connectivity index (χ1v) is 7.92. The Morgan fingerprint density at radius 2 is 1.74 bits per heavy atom. The van der Waals surface area contributed by atoms with E-state index in [9.17, 15) is 8.42 Å². The number of rotatable bonds is 8. The number of nitrogens with zero attached hydrogens (tertiary/aromatic N) is 2. The van der Waals surface area contributed by atoms with E-state index < -0.39 is 10.0 Å². The SMILES string of the molecule is CCNc1ncnc(NCCS(=O)(=O)NCC)c1C. The van der Waals surface area contributed by atoms with Crippen molar-refractivity contribution in [2.45, 2.75) is 20.8 Å². The molecule has 0 fully saturated rings. The maximum Gasteiger partial charge on any atom is 0.213 e. The van der Waals surface area contributed by atoms with Crippen LogP contribution in [-0.2, 0) is 10.0 Å². The Morgan fingerprint density at radius 1 is 1.11 bits per heavy atom. The van der Waals surface area contributed by atoms with Crippen LogP contribution in [0.4, 0.5) is 11.6 Å². The zero-order valence-electron chi connectivity index (χ0n) is 11.5. The summed E-state index contributed by atoms with van der Waals surface area (Å²) in [5.41, 5.74) is 0.880. The molecular weight excluding hydrogens is 266 g/mol. The lowest BCUT2D eigenvalue weighted by atomic mass is 10.3. The molecular formula is C11H21N5O2S. The Morgan fingerprint density at radius 3 is 2.32 bits per heavy atom. The van der Waals surface area contributed by atoms with Gasteiger partial charge in [-0.15, -0.1) is 0 Å².